The van der Waals surface area contributed by atoms with Gasteiger partial charge < -0.3 is 14.1 Å². The Kier molecular flexibility index (Phi) is 7.48. The minimum absolute atomic E-state index is 0.0231. The first-order chi connectivity index (χ1) is 30.3. The largest absolute Gasteiger partial charge is 0.454 e. The Morgan fingerprint density at radius 1 is 0.619 bits per heavy atom. The van der Waals surface area contributed by atoms with Crippen molar-refractivity contribution in [3.8, 4) is 22.3 Å². The van der Waals surface area contributed by atoms with E-state index in [2.05, 4.69) is 192 Å². The Labute approximate surface area is 375 Å². The first kappa shape index (κ1) is 37.8. The van der Waals surface area contributed by atoms with Gasteiger partial charge in [-0.05, 0) is 112 Å². The van der Waals surface area contributed by atoms with E-state index in [1.807, 2.05) is 11.3 Å². The summed E-state index contributed by atoms with van der Waals surface area (Å²) in [5.74, 6) is 0. The van der Waals surface area contributed by atoms with Crippen LogP contribution < -0.4 is 20.6 Å². The van der Waals surface area contributed by atoms with Crippen molar-refractivity contribution in [2.75, 3.05) is 9.71 Å². The summed E-state index contributed by atoms with van der Waals surface area (Å²) in [5.41, 5.74) is 19.1. The fourth-order valence-electron chi connectivity index (χ4n) is 12.6. The second-order valence-corrected chi connectivity index (χ2v) is 22.7. The maximum absolute atomic E-state index is 7.29. The van der Waals surface area contributed by atoms with E-state index in [-0.39, 0.29) is 28.6 Å². The zero-order valence-corrected chi connectivity index (χ0v) is 38.6. The zero-order chi connectivity index (χ0) is 42.9. The molecule has 1 aliphatic carbocycles. The second kappa shape index (κ2) is 12.5. The number of furan rings is 1. The van der Waals surface area contributed by atoms with Gasteiger partial charge in [0.05, 0.1) is 11.2 Å². The molecule has 0 saturated heterocycles. The Balaban J connectivity index is 1.27. The topological polar surface area (TPSA) is 19.6 Å². The summed E-state index contributed by atoms with van der Waals surface area (Å²) in [4.78, 5) is 5.64. The summed E-state index contributed by atoms with van der Waals surface area (Å²) in [7, 11) is 0. The molecule has 0 bridgehead atoms. The number of hydrogen-bond donors (Lipinski definition) is 0. The van der Waals surface area contributed by atoms with Gasteiger partial charge in [-0.3, -0.25) is 0 Å². The molecule has 0 radical (unpaired) electrons. The van der Waals surface area contributed by atoms with Crippen molar-refractivity contribution >= 4 is 94.0 Å². The summed E-state index contributed by atoms with van der Waals surface area (Å²) in [6.45, 7) is 19.3. The Bertz CT molecular complexity index is 3440. The highest BCUT2D eigenvalue weighted by molar-refractivity contribution is 7.26. The average molecular weight is 837 g/mol. The van der Waals surface area contributed by atoms with E-state index < -0.39 is 0 Å². The van der Waals surface area contributed by atoms with Crippen molar-refractivity contribution < 1.29 is 4.42 Å². The summed E-state index contributed by atoms with van der Waals surface area (Å²) < 4.78 is 9.94. The number of anilines is 4. The standard InChI is InChI=1S/C58H53BN2OS/c1-55(2,3)35-24-25-44(39(30-35)34-18-10-9-11-19-34)61-45-26-27-48-50(38-21-13-15-23-47(38)63-48)49(45)41-33-40-37-20-12-14-22-46(37)62-54(40)53-51(41)59(61)43-32-36(56(4,5)6)31-42-52(43)60(53)58(8)29-17-16-28-57(42,58)7/h9-15,18-27,30-33H,16-17,28-29H2,1-8H3. The molecular weight excluding hydrogens is 784 g/mol. The molecule has 2 aromatic heterocycles. The lowest BCUT2D eigenvalue weighted by Gasteiger charge is -2.53. The molecular formula is C58H53BN2OS. The summed E-state index contributed by atoms with van der Waals surface area (Å²) in [6, 6.07) is 48.9. The molecule has 1 saturated carbocycles. The van der Waals surface area contributed by atoms with Crippen molar-refractivity contribution in [2.24, 2.45) is 0 Å². The third-order valence-electron chi connectivity index (χ3n) is 16.1. The van der Waals surface area contributed by atoms with Crippen molar-refractivity contribution in [3.05, 3.63) is 144 Å². The molecule has 5 heterocycles. The van der Waals surface area contributed by atoms with Gasteiger partial charge in [-0.15, -0.1) is 11.3 Å². The predicted molar refractivity (Wildman–Crippen MR) is 271 cm³/mol. The SMILES string of the molecule is CC(C)(C)c1ccc(N2B3c4cc(C(C)(C)C)cc5c4N(c4c3c(cc3c4oc4ccccc43)-c3c2ccc2sc4ccccc4c32)C2(C)CCCCC52C)c(-c2ccccc2)c1. The van der Waals surface area contributed by atoms with E-state index in [0.29, 0.717) is 0 Å². The van der Waals surface area contributed by atoms with Gasteiger partial charge in [0.15, 0.2) is 5.58 Å². The number of benzene rings is 7. The van der Waals surface area contributed by atoms with Gasteiger partial charge in [0.25, 0.3) is 0 Å². The molecule has 13 rings (SSSR count). The lowest BCUT2D eigenvalue weighted by Crippen LogP contribution is -2.64. The first-order valence-electron chi connectivity index (χ1n) is 23.2. The smallest absolute Gasteiger partial charge is 0.333 e. The van der Waals surface area contributed by atoms with Crippen molar-refractivity contribution in [3.63, 3.8) is 0 Å². The number of para-hydroxylation sites is 1. The van der Waals surface area contributed by atoms with Crippen molar-refractivity contribution in [1.29, 1.82) is 0 Å². The van der Waals surface area contributed by atoms with Gasteiger partial charge >= 0.3 is 6.85 Å². The molecule has 3 aliphatic heterocycles. The fraction of sp³-hybridized carbons (Fsp3) is 0.276. The maximum Gasteiger partial charge on any atom is 0.333 e. The molecule has 7 aromatic carbocycles. The van der Waals surface area contributed by atoms with E-state index in [1.54, 1.807) is 0 Å². The fourth-order valence-corrected chi connectivity index (χ4v) is 13.7. The normalized spacial score (nSPS) is 20.2. The lowest BCUT2D eigenvalue weighted by molar-refractivity contribution is 0.195. The molecule has 9 aromatic rings. The van der Waals surface area contributed by atoms with E-state index in [0.717, 1.165) is 17.6 Å². The first-order valence-corrected chi connectivity index (χ1v) is 24.0. The number of thiophene rings is 1. The van der Waals surface area contributed by atoms with Crippen LogP contribution >= 0.6 is 11.3 Å². The minimum atomic E-state index is -0.152. The quantitative estimate of drug-likeness (QED) is 0.162. The van der Waals surface area contributed by atoms with Gasteiger partial charge in [0.2, 0.25) is 0 Å². The molecule has 2 unspecified atom stereocenters. The number of fused-ring (bicyclic) bond motifs is 15. The van der Waals surface area contributed by atoms with Crippen molar-refractivity contribution in [2.45, 2.75) is 103 Å². The van der Waals surface area contributed by atoms with E-state index in [1.165, 1.54) is 123 Å². The molecule has 1 fully saturated rings. The Morgan fingerprint density at radius 2 is 1.33 bits per heavy atom. The number of nitrogens with zero attached hydrogens (tertiary/aromatic N) is 2. The van der Waals surface area contributed by atoms with Crippen LogP contribution in [0.2, 0.25) is 0 Å². The third kappa shape index (κ3) is 4.87. The molecule has 0 N–H and O–H groups in total. The van der Waals surface area contributed by atoms with Crippen LogP contribution in [0.25, 0.3) is 64.4 Å². The maximum atomic E-state index is 7.29. The highest BCUT2D eigenvalue weighted by atomic mass is 32.1. The van der Waals surface area contributed by atoms with Crippen molar-refractivity contribution in [1.82, 2.24) is 0 Å². The molecule has 5 heteroatoms. The van der Waals surface area contributed by atoms with Crippen LogP contribution in [0.15, 0.2) is 132 Å². The Morgan fingerprint density at radius 3 is 2.13 bits per heavy atom. The van der Waals surface area contributed by atoms with Crippen LogP contribution in [0.4, 0.5) is 22.7 Å². The molecule has 63 heavy (non-hydrogen) atoms. The Hall–Kier alpha value is -5.78. The lowest BCUT2D eigenvalue weighted by atomic mass is 9.42. The van der Waals surface area contributed by atoms with Gasteiger partial charge in [0, 0.05) is 64.5 Å². The highest BCUT2D eigenvalue weighted by Crippen LogP contribution is 2.64. The third-order valence-corrected chi connectivity index (χ3v) is 17.2. The molecule has 0 spiro atoms. The number of rotatable bonds is 2. The molecule has 2 atom stereocenters. The zero-order valence-electron chi connectivity index (χ0n) is 37.7. The van der Waals surface area contributed by atoms with Crippen LogP contribution in [0.5, 0.6) is 0 Å². The predicted octanol–water partition coefficient (Wildman–Crippen LogP) is 15.2. The van der Waals surface area contributed by atoms with E-state index >= 15 is 0 Å². The molecule has 0 amide bonds. The van der Waals surface area contributed by atoms with Crippen LogP contribution in [-0.4, -0.2) is 12.4 Å². The van der Waals surface area contributed by atoms with Crippen LogP contribution in [0.1, 0.15) is 97.8 Å². The average Bonchev–Trinajstić information content (AvgIpc) is 3.91. The second-order valence-electron chi connectivity index (χ2n) is 21.6. The number of hydrogen-bond acceptors (Lipinski definition) is 4. The van der Waals surface area contributed by atoms with Crippen LogP contribution in [-0.2, 0) is 16.2 Å². The van der Waals surface area contributed by atoms with Gasteiger partial charge in [0.1, 0.15) is 5.58 Å². The summed E-state index contributed by atoms with van der Waals surface area (Å²) in [5, 5.41) is 5.07. The highest BCUT2D eigenvalue weighted by Gasteiger charge is 2.63. The summed E-state index contributed by atoms with van der Waals surface area (Å²) in [6.07, 6.45) is 4.76. The molecule has 3 nitrogen and oxygen atoms in total. The van der Waals surface area contributed by atoms with Gasteiger partial charge in [-0.25, -0.2) is 0 Å². The van der Waals surface area contributed by atoms with Crippen LogP contribution in [0.3, 0.4) is 0 Å². The molecule has 4 aliphatic rings. The van der Waals surface area contributed by atoms with Gasteiger partial charge in [-0.1, -0.05) is 146 Å². The van der Waals surface area contributed by atoms with E-state index in [4.69, 9.17) is 4.42 Å². The summed E-state index contributed by atoms with van der Waals surface area (Å²) >= 11 is 1.92. The molecule has 310 valence electrons. The van der Waals surface area contributed by atoms with E-state index in [9.17, 15) is 0 Å². The van der Waals surface area contributed by atoms with Crippen LogP contribution in [0, 0.1) is 0 Å². The minimum Gasteiger partial charge on any atom is -0.454 e. The monoisotopic (exact) mass is 836 g/mol. The van der Waals surface area contributed by atoms with Gasteiger partial charge in [-0.2, -0.15) is 0 Å².